The molecule has 0 bridgehead atoms. The van der Waals surface area contributed by atoms with Crippen molar-refractivity contribution in [2.24, 2.45) is 5.92 Å². The van der Waals surface area contributed by atoms with Crippen molar-refractivity contribution in [3.05, 3.63) is 12.2 Å². The second kappa shape index (κ2) is 4.30. The molecule has 18 heavy (non-hydrogen) atoms. The molecule has 3 rings (SSSR count). The molecule has 1 amide bonds. The highest BCUT2D eigenvalue weighted by atomic mass is 16.8. The first-order chi connectivity index (χ1) is 8.69. The molecule has 2 saturated heterocycles. The predicted molar refractivity (Wildman–Crippen MR) is 62.8 cm³/mol. The molecule has 0 N–H and O–H groups in total. The zero-order valence-electron chi connectivity index (χ0n) is 10.3. The maximum absolute atomic E-state index is 12.2. The fraction of sp³-hybridized carbons (Fsp3) is 0.692. The Morgan fingerprint density at radius 3 is 2.50 bits per heavy atom. The summed E-state index contributed by atoms with van der Waals surface area (Å²) in [7, 11) is 0. The average Bonchev–Trinajstić information content (AvgIpc) is 3.00. The maximum Gasteiger partial charge on any atom is 0.509 e. The van der Waals surface area contributed by atoms with Crippen molar-refractivity contribution in [2.75, 3.05) is 19.7 Å². The van der Waals surface area contributed by atoms with E-state index < -0.39 is 11.8 Å². The minimum atomic E-state index is -0.574. The summed E-state index contributed by atoms with van der Waals surface area (Å²) < 4.78 is 10.1. The third kappa shape index (κ3) is 1.98. The average molecular weight is 251 g/mol. The van der Waals surface area contributed by atoms with E-state index in [0.717, 1.165) is 12.8 Å². The Labute approximate surface area is 106 Å². The van der Waals surface area contributed by atoms with Crippen LogP contribution in [0.2, 0.25) is 0 Å². The van der Waals surface area contributed by atoms with Crippen LogP contribution in [0.1, 0.15) is 25.7 Å². The Morgan fingerprint density at radius 2 is 1.94 bits per heavy atom. The lowest BCUT2D eigenvalue weighted by Gasteiger charge is -2.37. The smallest absolute Gasteiger partial charge is 0.430 e. The number of ether oxygens (including phenoxy) is 2. The number of amides is 1. The summed E-state index contributed by atoms with van der Waals surface area (Å²) in [6.07, 6.45) is 6.66. The largest absolute Gasteiger partial charge is 0.509 e. The third-order valence-corrected chi connectivity index (χ3v) is 4.10. The van der Waals surface area contributed by atoms with Gasteiger partial charge in [0.05, 0.1) is 0 Å². The van der Waals surface area contributed by atoms with E-state index in [4.69, 9.17) is 9.47 Å². The highest BCUT2D eigenvalue weighted by Gasteiger charge is 2.45. The van der Waals surface area contributed by atoms with Crippen LogP contribution in [-0.4, -0.2) is 42.3 Å². The Bertz CT molecular complexity index is 388. The fourth-order valence-corrected chi connectivity index (χ4v) is 2.88. The van der Waals surface area contributed by atoms with Gasteiger partial charge >= 0.3 is 6.16 Å². The summed E-state index contributed by atoms with van der Waals surface area (Å²) in [5.74, 6) is 0.363. The number of rotatable bonds is 1. The predicted octanol–water partition coefficient (Wildman–Crippen LogP) is 1.48. The number of allylic oxidation sites excluding steroid dienone is 2. The van der Waals surface area contributed by atoms with E-state index in [1.807, 2.05) is 4.90 Å². The molecule has 2 fully saturated rings. The first-order valence-corrected chi connectivity index (χ1v) is 6.48. The molecule has 0 saturated carbocycles. The molecule has 1 aliphatic carbocycles. The van der Waals surface area contributed by atoms with E-state index in [-0.39, 0.29) is 11.8 Å². The molecule has 0 aromatic heterocycles. The summed E-state index contributed by atoms with van der Waals surface area (Å²) in [6.45, 7) is 1.65. The number of cyclic esters (lactones) is 1. The van der Waals surface area contributed by atoms with Crippen LogP contribution in [-0.2, 0) is 14.3 Å². The SMILES string of the molecule is O=C1OCC2(CCN(C(=O)C3CC=CC3)CC2)O1. The molecule has 0 aromatic carbocycles. The molecule has 0 radical (unpaired) electrons. The van der Waals surface area contributed by atoms with Crippen molar-refractivity contribution in [3.8, 4) is 0 Å². The zero-order chi connectivity index (χ0) is 12.6. The first kappa shape index (κ1) is 11.6. The van der Waals surface area contributed by atoms with Crippen molar-refractivity contribution in [1.82, 2.24) is 4.90 Å². The number of hydrogen-bond acceptors (Lipinski definition) is 4. The Kier molecular flexibility index (Phi) is 2.76. The quantitative estimate of drug-likeness (QED) is 0.523. The van der Waals surface area contributed by atoms with Gasteiger partial charge in [-0.2, -0.15) is 0 Å². The second-order valence-electron chi connectivity index (χ2n) is 5.29. The molecular formula is C13H17NO4. The minimum Gasteiger partial charge on any atom is -0.430 e. The normalized spacial score (nSPS) is 26.4. The van der Waals surface area contributed by atoms with Gasteiger partial charge in [0.25, 0.3) is 0 Å². The van der Waals surface area contributed by atoms with Crippen LogP contribution >= 0.6 is 0 Å². The van der Waals surface area contributed by atoms with Gasteiger partial charge in [-0.05, 0) is 12.8 Å². The van der Waals surface area contributed by atoms with Crippen molar-refractivity contribution in [1.29, 1.82) is 0 Å². The van der Waals surface area contributed by atoms with Crippen LogP contribution in [0.3, 0.4) is 0 Å². The highest BCUT2D eigenvalue weighted by molar-refractivity contribution is 5.79. The van der Waals surface area contributed by atoms with Gasteiger partial charge in [0.15, 0.2) is 5.60 Å². The van der Waals surface area contributed by atoms with Crippen LogP contribution in [0.15, 0.2) is 12.2 Å². The topological polar surface area (TPSA) is 55.8 Å². The standard InChI is InChI=1S/C13H17NO4/c15-11(10-3-1-2-4-10)14-7-5-13(6-8-14)9-17-12(16)18-13/h1-2,10H,3-9H2. The number of hydrogen-bond donors (Lipinski definition) is 0. The zero-order valence-corrected chi connectivity index (χ0v) is 10.3. The van der Waals surface area contributed by atoms with Crippen LogP contribution in [0.4, 0.5) is 4.79 Å². The van der Waals surface area contributed by atoms with E-state index in [1.165, 1.54) is 0 Å². The molecule has 2 heterocycles. The van der Waals surface area contributed by atoms with E-state index in [9.17, 15) is 9.59 Å². The molecule has 5 nitrogen and oxygen atoms in total. The van der Waals surface area contributed by atoms with Gasteiger partial charge in [-0.25, -0.2) is 4.79 Å². The molecule has 3 aliphatic rings. The molecule has 1 spiro atoms. The summed E-state index contributed by atoms with van der Waals surface area (Å²) in [6, 6.07) is 0. The Morgan fingerprint density at radius 1 is 1.28 bits per heavy atom. The number of piperidine rings is 1. The molecule has 5 heteroatoms. The molecule has 98 valence electrons. The van der Waals surface area contributed by atoms with Crippen molar-refractivity contribution in [2.45, 2.75) is 31.3 Å². The van der Waals surface area contributed by atoms with E-state index in [0.29, 0.717) is 32.5 Å². The van der Waals surface area contributed by atoms with Crippen molar-refractivity contribution >= 4 is 12.1 Å². The molecule has 0 atom stereocenters. The van der Waals surface area contributed by atoms with E-state index in [1.54, 1.807) is 0 Å². The fourth-order valence-electron chi connectivity index (χ4n) is 2.88. The van der Waals surface area contributed by atoms with E-state index >= 15 is 0 Å². The maximum atomic E-state index is 12.2. The molecular weight excluding hydrogens is 234 g/mol. The van der Waals surface area contributed by atoms with Gasteiger partial charge in [-0.15, -0.1) is 0 Å². The van der Waals surface area contributed by atoms with Gasteiger partial charge in [0.1, 0.15) is 6.61 Å². The summed E-state index contributed by atoms with van der Waals surface area (Å²) in [5, 5.41) is 0. The summed E-state index contributed by atoms with van der Waals surface area (Å²) in [4.78, 5) is 25.1. The number of carbonyl (C=O) groups is 2. The van der Waals surface area contributed by atoms with Crippen molar-refractivity contribution < 1.29 is 19.1 Å². The van der Waals surface area contributed by atoms with Gasteiger partial charge in [-0.1, -0.05) is 12.2 Å². The van der Waals surface area contributed by atoms with Crippen molar-refractivity contribution in [3.63, 3.8) is 0 Å². The molecule has 0 aromatic rings. The van der Waals surface area contributed by atoms with Crippen LogP contribution in [0, 0.1) is 5.92 Å². The molecule has 2 aliphatic heterocycles. The van der Waals surface area contributed by atoms with E-state index in [2.05, 4.69) is 12.2 Å². The van der Waals surface area contributed by atoms with Crippen LogP contribution in [0.5, 0.6) is 0 Å². The lowest BCUT2D eigenvalue weighted by Crippen LogP contribution is -2.49. The monoisotopic (exact) mass is 251 g/mol. The third-order valence-electron chi connectivity index (χ3n) is 4.10. The lowest BCUT2D eigenvalue weighted by molar-refractivity contribution is -0.138. The highest BCUT2D eigenvalue weighted by Crippen LogP contribution is 2.32. The Hall–Kier alpha value is -1.52. The van der Waals surface area contributed by atoms with Gasteiger partial charge in [-0.3, -0.25) is 4.79 Å². The van der Waals surface area contributed by atoms with Crippen LogP contribution in [0.25, 0.3) is 0 Å². The lowest BCUT2D eigenvalue weighted by atomic mass is 9.91. The molecule has 0 unspecified atom stereocenters. The first-order valence-electron chi connectivity index (χ1n) is 6.48. The number of carbonyl (C=O) groups excluding carboxylic acids is 2. The second-order valence-corrected chi connectivity index (χ2v) is 5.29. The summed E-state index contributed by atoms with van der Waals surface area (Å²) in [5.41, 5.74) is -0.470. The van der Waals surface area contributed by atoms with Gasteiger partial charge in [0.2, 0.25) is 5.91 Å². The summed E-state index contributed by atoms with van der Waals surface area (Å²) >= 11 is 0. The van der Waals surface area contributed by atoms with Gasteiger partial charge in [0, 0.05) is 31.8 Å². The number of likely N-dealkylation sites (tertiary alicyclic amines) is 1. The van der Waals surface area contributed by atoms with Gasteiger partial charge < -0.3 is 14.4 Å². The van der Waals surface area contributed by atoms with Crippen LogP contribution < -0.4 is 0 Å². The minimum absolute atomic E-state index is 0.126. The Balaban J connectivity index is 1.56. The number of nitrogens with zero attached hydrogens (tertiary/aromatic N) is 1.